The fourth-order valence-corrected chi connectivity index (χ4v) is 5.53. The van der Waals surface area contributed by atoms with Gasteiger partial charge in [-0.2, -0.15) is 18.4 Å². The van der Waals surface area contributed by atoms with Crippen molar-refractivity contribution in [2.45, 2.75) is 31.4 Å². The average molecular weight is 494 g/mol. The Morgan fingerprint density at radius 2 is 2.03 bits per heavy atom. The van der Waals surface area contributed by atoms with Crippen LogP contribution in [0, 0.1) is 11.3 Å². The third-order valence-corrected chi connectivity index (χ3v) is 6.98. The molecule has 0 saturated heterocycles. The van der Waals surface area contributed by atoms with Crippen molar-refractivity contribution >= 4 is 38.7 Å². The molecule has 1 aliphatic heterocycles. The van der Waals surface area contributed by atoms with E-state index < -0.39 is 17.7 Å². The lowest BCUT2D eigenvalue weighted by atomic mass is 9.78. The summed E-state index contributed by atoms with van der Waals surface area (Å²) in [5.41, 5.74) is 6.90. The number of ketones is 1. The van der Waals surface area contributed by atoms with Gasteiger partial charge in [-0.15, -0.1) is 11.3 Å². The number of carbonyl (C=O) groups excluding carboxylic acids is 1. The molecule has 0 fully saturated rings. The average Bonchev–Trinajstić information content (AvgIpc) is 3.12. The number of nitrogens with zero attached hydrogens (tertiary/aromatic N) is 2. The normalized spacial score (nSPS) is 19.8. The molecule has 4 rings (SSSR count). The van der Waals surface area contributed by atoms with Crippen LogP contribution in [0.25, 0.3) is 0 Å². The third-order valence-electron chi connectivity index (χ3n) is 5.22. The van der Waals surface area contributed by atoms with Crippen molar-refractivity contribution in [3.63, 3.8) is 0 Å². The molecule has 0 bridgehead atoms. The Labute approximate surface area is 183 Å². The van der Waals surface area contributed by atoms with Gasteiger partial charge in [0.25, 0.3) is 0 Å². The summed E-state index contributed by atoms with van der Waals surface area (Å²) in [6.07, 6.45) is -3.13. The first-order chi connectivity index (χ1) is 14.2. The number of nitriles is 1. The van der Waals surface area contributed by atoms with Crippen LogP contribution in [0.2, 0.25) is 0 Å². The topological polar surface area (TPSA) is 70.1 Å². The Kier molecular flexibility index (Phi) is 5.24. The fraction of sp³-hybridized carbons (Fsp3) is 0.238. The van der Waals surface area contributed by atoms with Gasteiger partial charge in [-0.05, 0) is 53.0 Å². The van der Waals surface area contributed by atoms with E-state index in [9.17, 15) is 23.2 Å². The van der Waals surface area contributed by atoms with Gasteiger partial charge in [-0.1, -0.05) is 6.07 Å². The van der Waals surface area contributed by atoms with Crippen LogP contribution in [0.3, 0.4) is 0 Å². The van der Waals surface area contributed by atoms with Crippen molar-refractivity contribution < 1.29 is 18.0 Å². The standard InChI is InChI=1S/C21H15BrF3N3OS/c22-12-8-17(30-10-12)18-14(9-26)20(27)28(15-5-2-6-16(29)19(15)18)13-4-1-3-11(7-13)21(23,24)25/h1,3-4,7-8,10,18H,2,5-6,27H2/t18-/m0/s1. The number of alkyl halides is 3. The van der Waals surface area contributed by atoms with E-state index in [0.717, 1.165) is 21.5 Å². The van der Waals surface area contributed by atoms with Crippen molar-refractivity contribution in [3.8, 4) is 6.07 Å². The monoisotopic (exact) mass is 493 g/mol. The minimum atomic E-state index is -4.52. The predicted octanol–water partition coefficient (Wildman–Crippen LogP) is 5.83. The Hall–Kier alpha value is -2.57. The van der Waals surface area contributed by atoms with E-state index in [1.807, 2.05) is 11.4 Å². The van der Waals surface area contributed by atoms with E-state index in [0.29, 0.717) is 30.5 Å². The zero-order chi connectivity index (χ0) is 21.6. The van der Waals surface area contributed by atoms with Gasteiger partial charge in [0, 0.05) is 38.1 Å². The SMILES string of the molecule is N#CC1=C(N)N(c2cccc(C(F)(F)F)c2)C2=C(C(=O)CCC2)[C@@H]1c1cc(Br)cs1. The molecule has 30 heavy (non-hydrogen) atoms. The highest BCUT2D eigenvalue weighted by Crippen LogP contribution is 2.48. The maximum absolute atomic E-state index is 13.3. The molecule has 154 valence electrons. The van der Waals surface area contributed by atoms with Gasteiger partial charge in [-0.25, -0.2) is 0 Å². The van der Waals surface area contributed by atoms with Crippen molar-refractivity contribution in [1.82, 2.24) is 0 Å². The Morgan fingerprint density at radius 1 is 1.27 bits per heavy atom. The fourth-order valence-electron chi connectivity index (χ4n) is 3.97. The summed E-state index contributed by atoms with van der Waals surface area (Å²) in [4.78, 5) is 15.2. The summed E-state index contributed by atoms with van der Waals surface area (Å²) in [5.74, 6) is -0.668. The summed E-state index contributed by atoms with van der Waals surface area (Å²) < 4.78 is 40.6. The Balaban J connectivity index is 1.95. The van der Waals surface area contributed by atoms with E-state index in [4.69, 9.17) is 5.73 Å². The Bertz CT molecular complexity index is 1140. The molecule has 4 nitrogen and oxygen atoms in total. The number of hydrogen-bond donors (Lipinski definition) is 1. The molecule has 1 aromatic heterocycles. The van der Waals surface area contributed by atoms with Crippen molar-refractivity contribution in [1.29, 1.82) is 5.26 Å². The van der Waals surface area contributed by atoms with Gasteiger partial charge in [0.05, 0.1) is 23.1 Å². The van der Waals surface area contributed by atoms with Crippen LogP contribution >= 0.6 is 27.3 Å². The van der Waals surface area contributed by atoms with Gasteiger partial charge in [0.15, 0.2) is 5.78 Å². The molecule has 0 spiro atoms. The molecule has 2 aromatic rings. The van der Waals surface area contributed by atoms with Crippen LogP contribution in [0.15, 0.2) is 62.8 Å². The first kappa shape index (κ1) is 20.7. The Morgan fingerprint density at radius 3 is 2.67 bits per heavy atom. The number of halogens is 4. The van der Waals surface area contributed by atoms with E-state index in [1.54, 1.807) is 0 Å². The summed E-state index contributed by atoms with van der Waals surface area (Å²) in [5, 5.41) is 11.7. The summed E-state index contributed by atoms with van der Waals surface area (Å²) >= 11 is 4.79. The zero-order valence-electron chi connectivity index (χ0n) is 15.5. The number of rotatable bonds is 2. The zero-order valence-corrected chi connectivity index (χ0v) is 17.9. The summed E-state index contributed by atoms with van der Waals surface area (Å²) in [7, 11) is 0. The second kappa shape index (κ2) is 7.60. The van der Waals surface area contributed by atoms with Crippen molar-refractivity contribution in [2.75, 3.05) is 4.90 Å². The molecule has 9 heteroatoms. The predicted molar refractivity (Wildman–Crippen MR) is 111 cm³/mol. The van der Waals surface area contributed by atoms with E-state index in [2.05, 4.69) is 22.0 Å². The van der Waals surface area contributed by atoms with Crippen LogP contribution < -0.4 is 10.6 Å². The highest BCUT2D eigenvalue weighted by Gasteiger charge is 2.41. The highest BCUT2D eigenvalue weighted by atomic mass is 79.9. The molecular weight excluding hydrogens is 479 g/mol. The van der Waals surface area contributed by atoms with Crippen LogP contribution in [0.1, 0.15) is 35.6 Å². The minimum absolute atomic E-state index is 0.0554. The van der Waals surface area contributed by atoms with E-state index in [1.165, 1.54) is 28.4 Å². The smallest absolute Gasteiger partial charge is 0.384 e. The molecule has 0 amide bonds. The maximum Gasteiger partial charge on any atom is 0.416 e. The van der Waals surface area contributed by atoms with Crippen LogP contribution in [0.5, 0.6) is 0 Å². The van der Waals surface area contributed by atoms with Crippen molar-refractivity contribution in [2.24, 2.45) is 5.73 Å². The van der Waals surface area contributed by atoms with Crippen LogP contribution in [0.4, 0.5) is 18.9 Å². The molecule has 0 unspecified atom stereocenters. The number of hydrogen-bond acceptors (Lipinski definition) is 5. The second-order valence-corrected chi connectivity index (χ2v) is 8.89. The van der Waals surface area contributed by atoms with Gasteiger partial charge in [-0.3, -0.25) is 9.69 Å². The number of thiophene rings is 1. The molecular formula is C21H15BrF3N3OS. The number of allylic oxidation sites excluding steroid dienone is 3. The number of benzene rings is 1. The number of Topliss-reactive ketones (excluding diaryl/α,β-unsaturated/α-hetero) is 1. The van der Waals surface area contributed by atoms with E-state index >= 15 is 0 Å². The van der Waals surface area contributed by atoms with E-state index in [-0.39, 0.29) is 22.9 Å². The molecule has 0 radical (unpaired) electrons. The largest absolute Gasteiger partial charge is 0.416 e. The lowest BCUT2D eigenvalue weighted by Gasteiger charge is -2.39. The van der Waals surface area contributed by atoms with Crippen LogP contribution in [-0.4, -0.2) is 5.78 Å². The summed E-state index contributed by atoms with van der Waals surface area (Å²) in [6.45, 7) is 0. The molecule has 0 saturated carbocycles. The maximum atomic E-state index is 13.3. The number of anilines is 1. The lowest BCUT2D eigenvalue weighted by Crippen LogP contribution is -2.38. The minimum Gasteiger partial charge on any atom is -0.384 e. The first-order valence-corrected chi connectivity index (χ1v) is 10.8. The van der Waals surface area contributed by atoms with Gasteiger partial charge < -0.3 is 5.73 Å². The molecule has 2 aliphatic rings. The second-order valence-electron chi connectivity index (χ2n) is 7.03. The number of carbonyl (C=O) groups is 1. The van der Waals surface area contributed by atoms with Gasteiger partial charge in [0.1, 0.15) is 5.82 Å². The lowest BCUT2D eigenvalue weighted by molar-refractivity contribution is -0.137. The molecule has 2 heterocycles. The summed E-state index contributed by atoms with van der Waals surface area (Å²) in [6, 6.07) is 8.72. The number of nitrogens with two attached hydrogens (primary N) is 1. The molecule has 1 aromatic carbocycles. The first-order valence-electron chi connectivity index (χ1n) is 9.09. The highest BCUT2D eigenvalue weighted by molar-refractivity contribution is 9.10. The third kappa shape index (κ3) is 3.44. The van der Waals surface area contributed by atoms with Gasteiger partial charge in [0.2, 0.25) is 0 Å². The van der Waals surface area contributed by atoms with Crippen molar-refractivity contribution in [3.05, 3.63) is 73.3 Å². The van der Waals surface area contributed by atoms with Crippen LogP contribution in [-0.2, 0) is 11.0 Å². The van der Waals surface area contributed by atoms with Gasteiger partial charge >= 0.3 is 6.18 Å². The quantitative estimate of drug-likeness (QED) is 0.570. The molecule has 2 N–H and O–H groups in total. The molecule has 1 atom stereocenters. The molecule has 1 aliphatic carbocycles.